The minimum Gasteiger partial charge on any atom is -0.549 e. The molecule has 0 amide bonds. The third-order valence-corrected chi connectivity index (χ3v) is 12.5. The molecule has 3 rings (SSSR count). The summed E-state index contributed by atoms with van der Waals surface area (Å²) in [5.74, 6) is -0.697. The van der Waals surface area contributed by atoms with E-state index in [0.717, 1.165) is 15.4 Å². The number of ether oxygens (including phenoxy) is 2. The lowest BCUT2D eigenvalue weighted by molar-refractivity contribution is 0.0376. The molecule has 1 saturated carbocycles. The predicted molar refractivity (Wildman–Crippen MR) is 156 cm³/mol. The van der Waals surface area contributed by atoms with Gasteiger partial charge in [-0.3, -0.25) is 0 Å². The Bertz CT molecular complexity index is 1150. The van der Waals surface area contributed by atoms with Gasteiger partial charge in [-0.05, 0) is 79.2 Å². The summed E-state index contributed by atoms with van der Waals surface area (Å²) in [6.45, 7) is 11.4. The SMILES string of the molecule is CC(C)(C)[Si](C)(C)O/C=C/C=C\[C@@]1(COC(=O)c2ccc(Br)cc2)C[C@@H]1COC(=O)c1ccc(Br)cc1. The summed E-state index contributed by atoms with van der Waals surface area (Å²) in [7, 11) is -1.89. The number of hydrogen-bond acceptors (Lipinski definition) is 5. The van der Waals surface area contributed by atoms with Gasteiger partial charge in [-0.15, -0.1) is 0 Å². The number of halogens is 2. The fourth-order valence-electron chi connectivity index (χ4n) is 3.45. The molecule has 2 atom stereocenters. The third kappa shape index (κ3) is 8.16. The Kier molecular flexibility index (Phi) is 9.64. The lowest BCUT2D eigenvalue weighted by Gasteiger charge is -2.34. The quantitative estimate of drug-likeness (QED) is 0.112. The lowest BCUT2D eigenvalue weighted by Crippen LogP contribution is -2.39. The number of carbonyl (C=O) groups excluding carboxylic acids is 2. The topological polar surface area (TPSA) is 61.8 Å². The second-order valence-electron chi connectivity index (χ2n) is 10.9. The molecule has 37 heavy (non-hydrogen) atoms. The number of esters is 2. The van der Waals surface area contributed by atoms with E-state index in [1.54, 1.807) is 54.8 Å². The van der Waals surface area contributed by atoms with Gasteiger partial charge in [0, 0.05) is 20.3 Å². The predicted octanol–water partition coefficient (Wildman–Crippen LogP) is 8.32. The Morgan fingerprint density at radius 3 is 1.95 bits per heavy atom. The van der Waals surface area contributed by atoms with Crippen LogP contribution in [0.15, 0.2) is 82.0 Å². The molecular formula is C29H34Br2O5Si. The van der Waals surface area contributed by atoms with Crippen molar-refractivity contribution in [1.82, 2.24) is 0 Å². The Morgan fingerprint density at radius 1 is 0.919 bits per heavy atom. The summed E-state index contributed by atoms with van der Waals surface area (Å²) in [5.41, 5.74) is 0.591. The minimum atomic E-state index is -1.89. The van der Waals surface area contributed by atoms with Crippen molar-refractivity contribution in [3.05, 3.63) is 93.1 Å². The van der Waals surface area contributed by atoms with Crippen LogP contribution < -0.4 is 0 Å². The van der Waals surface area contributed by atoms with E-state index in [0.29, 0.717) is 11.1 Å². The highest BCUT2D eigenvalue weighted by atomic mass is 79.9. The zero-order valence-electron chi connectivity index (χ0n) is 21.9. The van der Waals surface area contributed by atoms with Gasteiger partial charge in [0.2, 0.25) is 8.32 Å². The van der Waals surface area contributed by atoms with Crippen LogP contribution in [0.4, 0.5) is 0 Å². The van der Waals surface area contributed by atoms with Crippen LogP contribution in [0.1, 0.15) is 47.9 Å². The summed E-state index contributed by atoms with van der Waals surface area (Å²) >= 11 is 6.75. The van der Waals surface area contributed by atoms with E-state index in [1.165, 1.54) is 0 Å². The Labute approximate surface area is 237 Å². The number of hydrogen-bond donors (Lipinski definition) is 0. The zero-order chi connectivity index (χ0) is 27.3. The van der Waals surface area contributed by atoms with Crippen molar-refractivity contribution in [3.8, 4) is 0 Å². The molecule has 0 spiro atoms. The molecule has 0 N–H and O–H groups in total. The summed E-state index contributed by atoms with van der Waals surface area (Å²) in [5, 5.41) is 0.115. The van der Waals surface area contributed by atoms with E-state index < -0.39 is 13.7 Å². The molecule has 0 aliphatic heterocycles. The molecule has 0 radical (unpaired) electrons. The van der Waals surface area contributed by atoms with Gasteiger partial charge >= 0.3 is 11.9 Å². The van der Waals surface area contributed by atoms with E-state index >= 15 is 0 Å². The zero-order valence-corrected chi connectivity index (χ0v) is 26.1. The monoisotopic (exact) mass is 648 g/mol. The average Bonchev–Trinajstić information content (AvgIpc) is 3.53. The van der Waals surface area contributed by atoms with Crippen LogP contribution in [0, 0.1) is 11.3 Å². The second-order valence-corrected chi connectivity index (χ2v) is 17.5. The molecule has 0 unspecified atom stereocenters. The molecule has 1 fully saturated rings. The fraction of sp³-hybridized carbons (Fsp3) is 0.379. The summed E-state index contributed by atoms with van der Waals surface area (Å²) < 4.78 is 19.2. The van der Waals surface area contributed by atoms with Gasteiger partial charge in [0.15, 0.2) is 0 Å². The maximum atomic E-state index is 12.6. The minimum absolute atomic E-state index is 0.0515. The van der Waals surface area contributed by atoms with Gasteiger partial charge < -0.3 is 13.9 Å². The van der Waals surface area contributed by atoms with Gasteiger partial charge in [-0.2, -0.15) is 0 Å². The van der Waals surface area contributed by atoms with Crippen molar-refractivity contribution in [1.29, 1.82) is 0 Å². The second kappa shape index (κ2) is 12.1. The van der Waals surface area contributed by atoms with E-state index in [1.807, 2.05) is 18.2 Å². The van der Waals surface area contributed by atoms with Crippen LogP contribution in [0.5, 0.6) is 0 Å². The first kappa shape index (κ1) is 29.4. The molecule has 198 valence electrons. The van der Waals surface area contributed by atoms with Crippen LogP contribution in [0.3, 0.4) is 0 Å². The molecular weight excluding hydrogens is 616 g/mol. The van der Waals surface area contributed by atoms with Gasteiger partial charge in [-0.1, -0.05) is 64.8 Å². The van der Waals surface area contributed by atoms with Gasteiger partial charge in [0.25, 0.3) is 0 Å². The van der Waals surface area contributed by atoms with Crippen LogP contribution in [-0.2, 0) is 13.9 Å². The van der Waals surface area contributed by atoms with Crippen molar-refractivity contribution in [2.45, 2.75) is 45.3 Å². The summed E-state index contributed by atoms with van der Waals surface area (Å²) in [6.07, 6.45) is 8.34. The largest absolute Gasteiger partial charge is 0.549 e. The highest BCUT2D eigenvalue weighted by molar-refractivity contribution is 9.10. The van der Waals surface area contributed by atoms with E-state index in [4.69, 9.17) is 13.9 Å². The van der Waals surface area contributed by atoms with E-state index in [-0.39, 0.29) is 36.1 Å². The molecule has 0 bridgehead atoms. The normalized spacial score (nSPS) is 19.7. The fourth-order valence-corrected chi connectivity index (χ4v) is 4.75. The van der Waals surface area contributed by atoms with Crippen LogP contribution in [0.2, 0.25) is 18.1 Å². The smallest absolute Gasteiger partial charge is 0.338 e. The molecule has 8 heteroatoms. The summed E-state index contributed by atoms with van der Waals surface area (Å²) in [6, 6.07) is 14.1. The standard InChI is InChI=1S/C29H34Br2O5Si/c1-28(2,3)37(4,5)36-17-7-6-16-29(20-35-27(33)22-10-14-25(31)15-11-22)18-23(29)19-34-26(32)21-8-12-24(30)13-9-21/h6-17,23H,18-20H2,1-5H3/b16-6-,17-7+/t23-,29+/m1/s1. The van der Waals surface area contributed by atoms with Crippen molar-refractivity contribution >= 4 is 52.1 Å². The van der Waals surface area contributed by atoms with Crippen LogP contribution in [0.25, 0.3) is 0 Å². The Hall–Kier alpha value is -2.16. The molecule has 0 heterocycles. The van der Waals surface area contributed by atoms with Crippen molar-refractivity contribution in [2.24, 2.45) is 11.3 Å². The Balaban J connectivity index is 1.64. The van der Waals surface area contributed by atoms with Gasteiger partial charge in [0.05, 0.1) is 24.0 Å². The molecule has 1 aliphatic carbocycles. The highest BCUT2D eigenvalue weighted by Gasteiger charge is 2.53. The van der Waals surface area contributed by atoms with Crippen LogP contribution >= 0.6 is 31.9 Å². The third-order valence-electron chi connectivity index (χ3n) is 7.11. The molecule has 2 aromatic rings. The van der Waals surface area contributed by atoms with E-state index in [2.05, 4.69) is 65.7 Å². The van der Waals surface area contributed by atoms with Crippen molar-refractivity contribution in [3.63, 3.8) is 0 Å². The lowest BCUT2D eigenvalue weighted by atomic mass is 10.0. The van der Waals surface area contributed by atoms with Crippen molar-refractivity contribution < 1.29 is 23.5 Å². The number of benzene rings is 2. The van der Waals surface area contributed by atoms with Gasteiger partial charge in [0.1, 0.15) is 6.61 Å². The average molecular weight is 650 g/mol. The first-order valence-electron chi connectivity index (χ1n) is 12.2. The molecule has 2 aromatic carbocycles. The number of carbonyl (C=O) groups is 2. The van der Waals surface area contributed by atoms with Crippen molar-refractivity contribution in [2.75, 3.05) is 13.2 Å². The molecule has 0 saturated heterocycles. The Morgan fingerprint density at radius 2 is 1.43 bits per heavy atom. The first-order valence-corrected chi connectivity index (χ1v) is 16.7. The maximum Gasteiger partial charge on any atom is 0.338 e. The molecule has 1 aliphatic rings. The number of allylic oxidation sites excluding steroid dienone is 2. The van der Waals surface area contributed by atoms with E-state index in [9.17, 15) is 9.59 Å². The molecule has 0 aromatic heterocycles. The van der Waals surface area contributed by atoms with Gasteiger partial charge in [-0.25, -0.2) is 9.59 Å². The highest BCUT2D eigenvalue weighted by Crippen LogP contribution is 2.54. The maximum absolute atomic E-state index is 12.6. The summed E-state index contributed by atoms with van der Waals surface area (Å²) in [4.78, 5) is 25.1. The molecule has 5 nitrogen and oxygen atoms in total. The number of rotatable bonds is 10. The van der Waals surface area contributed by atoms with Crippen LogP contribution in [-0.4, -0.2) is 33.5 Å². The first-order chi connectivity index (χ1) is 17.3.